The van der Waals surface area contributed by atoms with Crippen LogP contribution in [0.2, 0.25) is 0 Å². The van der Waals surface area contributed by atoms with Crippen molar-refractivity contribution in [1.82, 2.24) is 0 Å². The Kier molecular flexibility index (Phi) is 3.24. The minimum atomic E-state index is -4.11. The van der Waals surface area contributed by atoms with Gasteiger partial charge in [0.2, 0.25) is 0 Å². The second-order valence-corrected chi connectivity index (χ2v) is 6.27. The molecule has 1 aliphatic rings. The number of hydrogen-bond acceptors (Lipinski definition) is 5. The van der Waals surface area contributed by atoms with E-state index in [1.807, 2.05) is 6.92 Å². The van der Waals surface area contributed by atoms with Gasteiger partial charge in [0.05, 0.1) is 0 Å². The molecule has 102 valence electrons. The molecule has 0 radical (unpaired) electrons. The van der Waals surface area contributed by atoms with E-state index >= 15 is 0 Å². The van der Waals surface area contributed by atoms with Crippen molar-refractivity contribution < 1.29 is 17.4 Å². The van der Waals surface area contributed by atoms with Gasteiger partial charge in [0, 0.05) is 5.92 Å². The molecule has 1 aromatic carbocycles. The summed E-state index contributed by atoms with van der Waals surface area (Å²) in [6.45, 7) is 5.36. The maximum Gasteiger partial charge on any atom is 0.342 e. The quantitative estimate of drug-likeness (QED) is 0.660. The zero-order valence-electron chi connectivity index (χ0n) is 10.5. The van der Waals surface area contributed by atoms with Crippen LogP contribution in [-0.2, 0) is 19.1 Å². The van der Waals surface area contributed by atoms with Gasteiger partial charge in [0.15, 0.2) is 0 Å². The predicted molar refractivity (Wildman–Crippen MR) is 69.7 cm³/mol. The Morgan fingerprint density at radius 2 is 2.05 bits per heavy atom. The molecule has 5 nitrogen and oxygen atoms in total. The number of carbonyl (C=O) groups excluding carboxylic acids is 1. The first-order valence-corrected chi connectivity index (χ1v) is 7.17. The molecule has 1 fully saturated rings. The lowest BCUT2D eigenvalue weighted by molar-refractivity contribution is -0.136. The van der Waals surface area contributed by atoms with Gasteiger partial charge >= 0.3 is 16.1 Å². The van der Waals surface area contributed by atoms with Crippen molar-refractivity contribution in [2.75, 3.05) is 0 Å². The van der Waals surface area contributed by atoms with Crippen molar-refractivity contribution in [3.05, 3.63) is 42.5 Å². The average molecular weight is 281 g/mol. The van der Waals surface area contributed by atoms with Gasteiger partial charge in [0.25, 0.3) is 0 Å². The van der Waals surface area contributed by atoms with Crippen molar-refractivity contribution in [3.8, 4) is 0 Å². The van der Waals surface area contributed by atoms with Crippen LogP contribution in [-0.4, -0.2) is 19.9 Å². The molecule has 0 aromatic heterocycles. The highest BCUT2D eigenvalue weighted by Crippen LogP contribution is 2.43. The standard InChI is InChI=1S/C13H15NO4S/c1-3-10-8-13(10,14)12(15)18-19(16,17)11-6-4-9(2)5-7-11/h3-7,10H,1,8,14H2,2H3/t10-,13-/m1/s1. The molecule has 0 spiro atoms. The van der Waals surface area contributed by atoms with E-state index in [-0.39, 0.29) is 10.8 Å². The van der Waals surface area contributed by atoms with Crippen LogP contribution >= 0.6 is 0 Å². The molecule has 1 aromatic rings. The van der Waals surface area contributed by atoms with E-state index in [9.17, 15) is 13.2 Å². The fourth-order valence-electron chi connectivity index (χ4n) is 1.76. The van der Waals surface area contributed by atoms with Gasteiger partial charge in [-0.2, -0.15) is 8.42 Å². The van der Waals surface area contributed by atoms with Crippen LogP contribution in [0.4, 0.5) is 0 Å². The molecule has 0 amide bonds. The molecule has 0 unspecified atom stereocenters. The third kappa shape index (κ3) is 2.54. The first-order valence-electron chi connectivity index (χ1n) is 5.76. The molecule has 0 saturated heterocycles. The largest absolute Gasteiger partial charge is 0.342 e. The SMILES string of the molecule is C=C[C@@H]1C[C@]1(N)C(=O)OS(=O)(=O)c1ccc(C)cc1. The average Bonchev–Trinajstić information content (AvgIpc) is 3.02. The first kappa shape index (κ1) is 13.8. The van der Waals surface area contributed by atoms with Gasteiger partial charge in [-0.05, 0) is 25.5 Å². The lowest BCUT2D eigenvalue weighted by Gasteiger charge is -2.10. The number of rotatable bonds is 4. The van der Waals surface area contributed by atoms with Crippen molar-refractivity contribution in [2.45, 2.75) is 23.8 Å². The molecule has 2 rings (SSSR count). The van der Waals surface area contributed by atoms with Crippen LogP contribution in [0.25, 0.3) is 0 Å². The second-order valence-electron chi connectivity index (χ2n) is 4.72. The highest BCUT2D eigenvalue weighted by molar-refractivity contribution is 7.87. The van der Waals surface area contributed by atoms with Crippen LogP contribution in [0.5, 0.6) is 0 Å². The van der Waals surface area contributed by atoms with E-state index in [1.165, 1.54) is 18.2 Å². The summed E-state index contributed by atoms with van der Waals surface area (Å²) in [6.07, 6.45) is 1.89. The molecule has 2 N–H and O–H groups in total. The maximum absolute atomic E-state index is 11.9. The summed E-state index contributed by atoms with van der Waals surface area (Å²) >= 11 is 0. The summed E-state index contributed by atoms with van der Waals surface area (Å²) in [6, 6.07) is 6.03. The van der Waals surface area contributed by atoms with Gasteiger partial charge in [-0.15, -0.1) is 6.58 Å². The number of nitrogens with two attached hydrogens (primary N) is 1. The minimum Gasteiger partial charge on any atom is -0.340 e. The van der Waals surface area contributed by atoms with Crippen LogP contribution in [0.1, 0.15) is 12.0 Å². The molecule has 2 atom stereocenters. The fraction of sp³-hybridized carbons (Fsp3) is 0.308. The third-order valence-electron chi connectivity index (χ3n) is 3.22. The highest BCUT2D eigenvalue weighted by atomic mass is 32.2. The topological polar surface area (TPSA) is 86.5 Å². The number of hydrogen-bond donors (Lipinski definition) is 1. The van der Waals surface area contributed by atoms with Gasteiger partial charge in [-0.25, -0.2) is 4.79 Å². The van der Waals surface area contributed by atoms with Gasteiger partial charge in [0.1, 0.15) is 10.4 Å². The Hall–Kier alpha value is -1.66. The molecule has 0 aliphatic heterocycles. The highest BCUT2D eigenvalue weighted by Gasteiger charge is 2.58. The zero-order valence-corrected chi connectivity index (χ0v) is 11.3. The van der Waals surface area contributed by atoms with Crippen LogP contribution in [0.15, 0.2) is 41.8 Å². The molecular formula is C13H15NO4S. The lowest BCUT2D eigenvalue weighted by Crippen LogP contribution is -2.38. The normalized spacial score (nSPS) is 25.7. The predicted octanol–water partition coefficient (Wildman–Crippen LogP) is 1.13. The monoisotopic (exact) mass is 281 g/mol. The molecule has 1 saturated carbocycles. The van der Waals surface area contributed by atoms with Crippen molar-refractivity contribution >= 4 is 16.1 Å². The van der Waals surface area contributed by atoms with Gasteiger partial charge in [-0.1, -0.05) is 23.8 Å². The van der Waals surface area contributed by atoms with E-state index in [4.69, 9.17) is 5.73 Å². The fourth-order valence-corrected chi connectivity index (χ4v) is 2.68. The second kappa shape index (κ2) is 4.47. The van der Waals surface area contributed by atoms with Crippen LogP contribution in [0.3, 0.4) is 0 Å². The molecule has 0 bridgehead atoms. The Morgan fingerprint density at radius 3 is 2.53 bits per heavy atom. The minimum absolute atomic E-state index is 0.0640. The maximum atomic E-state index is 11.9. The summed E-state index contributed by atoms with van der Waals surface area (Å²) in [5.74, 6) is -1.16. The molecule has 6 heteroatoms. The van der Waals surface area contributed by atoms with Crippen molar-refractivity contribution in [1.29, 1.82) is 0 Å². The number of carbonyl (C=O) groups is 1. The summed E-state index contributed by atoms with van der Waals surface area (Å²) in [5.41, 5.74) is 5.41. The Labute approximate surface area is 112 Å². The van der Waals surface area contributed by atoms with E-state index in [2.05, 4.69) is 10.8 Å². The molecule has 19 heavy (non-hydrogen) atoms. The first-order chi connectivity index (χ1) is 8.79. The molecular weight excluding hydrogens is 266 g/mol. The number of benzene rings is 1. The van der Waals surface area contributed by atoms with Crippen molar-refractivity contribution in [2.24, 2.45) is 11.7 Å². The molecule has 0 heterocycles. The molecule has 1 aliphatic carbocycles. The summed E-state index contributed by atoms with van der Waals surface area (Å²) < 4.78 is 28.4. The summed E-state index contributed by atoms with van der Waals surface area (Å²) in [4.78, 5) is 11.7. The summed E-state index contributed by atoms with van der Waals surface area (Å²) in [7, 11) is -4.11. The Balaban J connectivity index is 2.16. The van der Waals surface area contributed by atoms with E-state index in [0.29, 0.717) is 6.42 Å². The third-order valence-corrected chi connectivity index (χ3v) is 4.44. The van der Waals surface area contributed by atoms with Crippen LogP contribution < -0.4 is 5.73 Å². The van der Waals surface area contributed by atoms with Gasteiger partial charge < -0.3 is 9.92 Å². The smallest absolute Gasteiger partial charge is 0.340 e. The zero-order chi connectivity index (χ0) is 14.3. The number of aryl methyl sites for hydroxylation is 1. The Morgan fingerprint density at radius 1 is 1.47 bits per heavy atom. The van der Waals surface area contributed by atoms with E-state index in [1.54, 1.807) is 12.1 Å². The summed E-state index contributed by atoms with van der Waals surface area (Å²) in [5, 5.41) is 0. The van der Waals surface area contributed by atoms with E-state index < -0.39 is 21.6 Å². The van der Waals surface area contributed by atoms with Crippen molar-refractivity contribution in [3.63, 3.8) is 0 Å². The Bertz CT molecular complexity index is 621. The van der Waals surface area contributed by atoms with Crippen LogP contribution in [0, 0.1) is 12.8 Å². The lowest BCUT2D eigenvalue weighted by atomic mass is 10.2. The van der Waals surface area contributed by atoms with Gasteiger partial charge in [-0.3, -0.25) is 0 Å². The van der Waals surface area contributed by atoms with E-state index in [0.717, 1.165) is 5.56 Å².